The van der Waals surface area contributed by atoms with Gasteiger partial charge in [-0.25, -0.2) is 4.79 Å². The molecule has 0 heterocycles. The van der Waals surface area contributed by atoms with Crippen molar-refractivity contribution in [2.24, 2.45) is 0 Å². The Morgan fingerprint density at radius 3 is 2.40 bits per heavy atom. The molecular weight excluding hydrogens is 198 g/mol. The van der Waals surface area contributed by atoms with E-state index in [9.17, 15) is 9.59 Å². The summed E-state index contributed by atoms with van der Waals surface area (Å²) in [6.07, 6.45) is 1.32. The Bertz CT molecular complexity index is 255. The summed E-state index contributed by atoms with van der Waals surface area (Å²) in [5, 5.41) is 10.9. The van der Waals surface area contributed by atoms with Gasteiger partial charge in [-0.1, -0.05) is 6.08 Å². The van der Waals surface area contributed by atoms with Gasteiger partial charge in [-0.3, -0.25) is 10.1 Å². The fourth-order valence-corrected chi connectivity index (χ4v) is 0.825. The van der Waals surface area contributed by atoms with Crippen LogP contribution in [0.1, 0.15) is 20.8 Å². The Morgan fingerprint density at radius 2 is 2.07 bits per heavy atom. The van der Waals surface area contributed by atoms with Crippen LogP contribution < -0.4 is 5.32 Å². The third-order valence-electron chi connectivity index (χ3n) is 1.37. The van der Waals surface area contributed by atoms with E-state index in [1.54, 1.807) is 20.8 Å². The predicted octanol–water partition coefficient (Wildman–Crippen LogP) is 0.557. The number of hydrogen-bond acceptors (Lipinski definition) is 4. The number of nitrogens with one attached hydrogen (secondary N) is 1. The van der Waals surface area contributed by atoms with Crippen LogP contribution in [0.4, 0.5) is 0 Å². The predicted molar refractivity (Wildman–Crippen MR) is 55.5 cm³/mol. The van der Waals surface area contributed by atoms with Crippen molar-refractivity contribution >= 4 is 11.9 Å². The lowest BCUT2D eigenvalue weighted by molar-refractivity contribution is -0.156. The minimum atomic E-state index is -1.04. The van der Waals surface area contributed by atoms with E-state index in [1.807, 2.05) is 0 Å². The lowest BCUT2D eigenvalue weighted by Gasteiger charge is -2.22. The van der Waals surface area contributed by atoms with Crippen LogP contribution >= 0.6 is 0 Å². The van der Waals surface area contributed by atoms with Gasteiger partial charge < -0.3 is 9.84 Å². The third kappa shape index (κ3) is 6.68. The lowest BCUT2D eigenvalue weighted by Crippen LogP contribution is -2.41. The first-order valence-electron chi connectivity index (χ1n) is 4.57. The fourth-order valence-electron chi connectivity index (χ4n) is 0.825. The highest BCUT2D eigenvalue weighted by Crippen LogP contribution is 2.08. The summed E-state index contributed by atoms with van der Waals surface area (Å²) in [6.45, 7) is 8.34. The van der Waals surface area contributed by atoms with Crippen LogP contribution in [0.25, 0.3) is 0 Å². The second-order valence-electron chi connectivity index (χ2n) is 4.02. The van der Waals surface area contributed by atoms with Crippen LogP contribution in [0.15, 0.2) is 12.7 Å². The number of hydrogen-bond donors (Lipinski definition) is 2. The van der Waals surface area contributed by atoms with Crippen LogP contribution in [0.5, 0.6) is 0 Å². The highest BCUT2D eigenvalue weighted by molar-refractivity contribution is 5.79. The summed E-state index contributed by atoms with van der Waals surface area (Å²) in [7, 11) is 0. The van der Waals surface area contributed by atoms with Crippen LogP contribution in [0.2, 0.25) is 0 Å². The van der Waals surface area contributed by atoms with Gasteiger partial charge in [0.1, 0.15) is 11.6 Å². The minimum Gasteiger partial charge on any atom is -0.480 e. The second-order valence-corrected chi connectivity index (χ2v) is 4.02. The second kappa shape index (κ2) is 5.50. The van der Waals surface area contributed by atoms with Crippen molar-refractivity contribution in [3.8, 4) is 0 Å². The van der Waals surface area contributed by atoms with Gasteiger partial charge in [0.2, 0.25) is 0 Å². The zero-order valence-electron chi connectivity index (χ0n) is 9.24. The van der Waals surface area contributed by atoms with Gasteiger partial charge in [0.15, 0.2) is 0 Å². The summed E-state index contributed by atoms with van der Waals surface area (Å²) in [5.41, 5.74) is -0.594. The average Bonchev–Trinajstić information content (AvgIpc) is 2.01. The SMILES string of the molecule is C=C[C@@H](NCC(=O)O)C(=O)OC(C)(C)C. The van der Waals surface area contributed by atoms with Gasteiger partial charge >= 0.3 is 11.9 Å². The summed E-state index contributed by atoms with van der Waals surface area (Å²) in [5.74, 6) is -1.57. The molecule has 1 atom stereocenters. The summed E-state index contributed by atoms with van der Waals surface area (Å²) < 4.78 is 5.06. The molecule has 5 nitrogen and oxygen atoms in total. The maximum absolute atomic E-state index is 11.5. The number of carboxylic acids is 1. The Morgan fingerprint density at radius 1 is 1.53 bits per heavy atom. The molecule has 5 heteroatoms. The zero-order chi connectivity index (χ0) is 12.1. The van der Waals surface area contributed by atoms with E-state index in [2.05, 4.69) is 11.9 Å². The van der Waals surface area contributed by atoms with E-state index in [1.165, 1.54) is 6.08 Å². The van der Waals surface area contributed by atoms with Gasteiger partial charge in [0.05, 0.1) is 6.54 Å². The molecular formula is C10H17NO4. The molecule has 0 aliphatic carbocycles. The largest absolute Gasteiger partial charge is 0.480 e. The molecule has 86 valence electrons. The van der Waals surface area contributed by atoms with Crippen molar-refractivity contribution in [3.05, 3.63) is 12.7 Å². The molecule has 0 saturated heterocycles. The molecule has 0 bridgehead atoms. The smallest absolute Gasteiger partial charge is 0.327 e. The van der Waals surface area contributed by atoms with Crippen molar-refractivity contribution in [2.75, 3.05) is 6.54 Å². The first kappa shape index (κ1) is 13.6. The van der Waals surface area contributed by atoms with Crippen molar-refractivity contribution < 1.29 is 19.4 Å². The van der Waals surface area contributed by atoms with Gasteiger partial charge in [-0.2, -0.15) is 0 Å². The van der Waals surface area contributed by atoms with E-state index in [4.69, 9.17) is 9.84 Å². The van der Waals surface area contributed by atoms with E-state index in [-0.39, 0.29) is 6.54 Å². The lowest BCUT2D eigenvalue weighted by atomic mass is 10.2. The summed E-state index contributed by atoms with van der Waals surface area (Å²) in [4.78, 5) is 21.7. The molecule has 0 fully saturated rings. The minimum absolute atomic E-state index is 0.310. The molecule has 0 saturated carbocycles. The fraction of sp³-hybridized carbons (Fsp3) is 0.600. The average molecular weight is 215 g/mol. The van der Waals surface area contributed by atoms with E-state index in [0.29, 0.717) is 0 Å². The monoisotopic (exact) mass is 215 g/mol. The third-order valence-corrected chi connectivity index (χ3v) is 1.37. The van der Waals surface area contributed by atoms with E-state index in [0.717, 1.165) is 0 Å². The normalized spacial score (nSPS) is 13.0. The number of esters is 1. The number of carboxylic acid groups (broad SMARTS) is 1. The van der Waals surface area contributed by atoms with Gasteiger partial charge in [-0.15, -0.1) is 6.58 Å². The maximum Gasteiger partial charge on any atom is 0.327 e. The Labute approximate surface area is 89.1 Å². The molecule has 15 heavy (non-hydrogen) atoms. The molecule has 0 aromatic rings. The molecule has 0 aliphatic heterocycles. The Balaban J connectivity index is 4.23. The molecule has 0 aromatic heterocycles. The van der Waals surface area contributed by atoms with Crippen molar-refractivity contribution in [3.63, 3.8) is 0 Å². The molecule has 0 aromatic carbocycles. The number of aliphatic carboxylic acids is 1. The van der Waals surface area contributed by atoms with Crippen LogP contribution in [-0.4, -0.2) is 35.2 Å². The highest BCUT2D eigenvalue weighted by atomic mass is 16.6. The Hall–Kier alpha value is -1.36. The number of carbonyl (C=O) groups excluding carboxylic acids is 1. The van der Waals surface area contributed by atoms with Crippen LogP contribution in [0, 0.1) is 0 Å². The van der Waals surface area contributed by atoms with Crippen molar-refractivity contribution in [1.29, 1.82) is 0 Å². The van der Waals surface area contributed by atoms with Crippen molar-refractivity contribution in [1.82, 2.24) is 5.32 Å². The number of rotatable bonds is 5. The maximum atomic E-state index is 11.5. The van der Waals surface area contributed by atoms with E-state index >= 15 is 0 Å². The summed E-state index contributed by atoms with van der Waals surface area (Å²) >= 11 is 0. The molecule has 0 amide bonds. The topological polar surface area (TPSA) is 75.6 Å². The Kier molecular flexibility index (Phi) is 5.00. The first-order valence-corrected chi connectivity index (χ1v) is 4.57. The molecule has 0 aliphatic rings. The molecule has 0 radical (unpaired) electrons. The molecule has 0 unspecified atom stereocenters. The number of ether oxygens (including phenoxy) is 1. The zero-order valence-corrected chi connectivity index (χ0v) is 9.24. The first-order chi connectivity index (χ1) is 6.76. The molecule has 0 rings (SSSR count). The van der Waals surface area contributed by atoms with Gasteiger partial charge in [0, 0.05) is 0 Å². The van der Waals surface area contributed by atoms with Gasteiger partial charge in [0.25, 0.3) is 0 Å². The standard InChI is InChI=1S/C10H17NO4/c1-5-7(11-6-8(12)13)9(14)15-10(2,3)4/h5,7,11H,1,6H2,2-4H3,(H,12,13)/t7-/m1/s1. The quantitative estimate of drug-likeness (QED) is 0.517. The van der Waals surface area contributed by atoms with Crippen molar-refractivity contribution in [2.45, 2.75) is 32.4 Å². The van der Waals surface area contributed by atoms with Crippen LogP contribution in [-0.2, 0) is 14.3 Å². The van der Waals surface area contributed by atoms with E-state index < -0.39 is 23.6 Å². The highest BCUT2D eigenvalue weighted by Gasteiger charge is 2.22. The molecule has 0 spiro atoms. The summed E-state index contributed by atoms with van der Waals surface area (Å²) in [6, 6.07) is -0.791. The molecule has 2 N–H and O–H groups in total. The van der Waals surface area contributed by atoms with Crippen LogP contribution in [0.3, 0.4) is 0 Å². The number of carbonyl (C=O) groups is 2. The van der Waals surface area contributed by atoms with Gasteiger partial charge in [-0.05, 0) is 20.8 Å².